The van der Waals surface area contributed by atoms with E-state index in [9.17, 15) is 60.0 Å². The van der Waals surface area contributed by atoms with Gasteiger partial charge in [0.15, 0.2) is 0 Å². The van der Waals surface area contributed by atoms with Gasteiger partial charge in [-0.05, 0) is 523 Å². The molecule has 4 N–H and O–H groups in total. The van der Waals surface area contributed by atoms with Crippen molar-refractivity contribution in [3.05, 3.63) is 160 Å². The molecule has 23 rings (SSSR count). The van der Waals surface area contributed by atoms with E-state index in [1.54, 1.807) is 33.9 Å². The molecule has 34 atom stereocenters. The highest BCUT2D eigenvalue weighted by atomic mass is 32.2. The van der Waals surface area contributed by atoms with E-state index in [1.807, 2.05) is 0 Å². The van der Waals surface area contributed by atoms with Crippen molar-refractivity contribution >= 4 is 62.4 Å². The molecular weight excluding hydrogens is 1890 g/mol. The highest BCUT2D eigenvalue weighted by Crippen LogP contribution is 2.72. The third kappa shape index (κ3) is 23.4. The second kappa shape index (κ2) is 47.1. The van der Waals surface area contributed by atoms with Crippen LogP contribution in [0.1, 0.15) is 385 Å². The van der Waals surface area contributed by atoms with Gasteiger partial charge in [0, 0.05) is 29.7 Å². The number of carbonyl (C=O) groups excluding carboxylic acids is 1. The van der Waals surface area contributed by atoms with E-state index in [0.717, 1.165) is 235 Å². The van der Waals surface area contributed by atoms with Gasteiger partial charge in [0.1, 0.15) is 5.78 Å². The maximum absolute atomic E-state index is 11.9. The summed E-state index contributed by atoms with van der Waals surface area (Å²) >= 11 is 0. The van der Waals surface area contributed by atoms with Crippen LogP contribution in [-0.4, -0.2) is 94.6 Å². The van der Waals surface area contributed by atoms with E-state index in [1.165, 1.54) is 237 Å². The number of hydrogen-bond donors (Lipinski definition) is 4. The molecule has 3 aromatic carbocycles. The third-order valence-electron chi connectivity index (χ3n) is 45.4. The molecule has 0 unspecified atom stereocenters. The summed E-state index contributed by atoms with van der Waals surface area (Å²) < 4.78 is 123. The lowest BCUT2D eigenvalue weighted by Crippen LogP contribution is -2.49. The normalized spacial score (nSPS) is 44.1. The summed E-state index contributed by atoms with van der Waals surface area (Å²) in [7, 11) is -2.98. The fourth-order valence-corrected chi connectivity index (χ4v) is 39.7. The SMILES string of the molecule is CC=C1CC[C@H]2[C@@H]3CC[C@@H]4CC(=O)CC[C@@H]4[C@H]3CC[C@]12C.CC=C1CC[C@H]2[C@@H]3CC[C@@H]4C[C@@](C)(O)CC[C@@H]4[C@H]3CC[C@]12C.CC=C1CC[C@H]2[C@@H]3CC[C@@H]4C[C@@](O)(c5ccccc5)CC[C@@H]4[C@H]3CC[C@]12C.CC=C1CC[C@H]2[C@@H]3CC[C@@H]4C[C@](C)(O)CC[C@@H]4[C@H]3CC[C@]12C.CC=C1CC[C@H]2[C@@H]3CC[C@@H]4C[C@](O)(c5ccccc5)CC[C@@H]4[C@H]3CC[C@]12C.O=S(=O)(c1ccccc1)C(F)F.O=S(=O)=C(F)F.O=S(=O)=C(F)F.[B][B].[HH]. The number of hydrogen-bond acceptors (Lipinski definition) is 11. The van der Waals surface area contributed by atoms with Gasteiger partial charge in [0.05, 0.1) is 27.3 Å². The Labute approximate surface area is 875 Å². The number of carbonyl (C=O) groups is 1. The van der Waals surface area contributed by atoms with Gasteiger partial charge in [-0.3, -0.25) is 4.79 Å². The highest BCUT2D eigenvalue weighted by Gasteiger charge is 2.63. The van der Waals surface area contributed by atoms with E-state index in [0.29, 0.717) is 32.9 Å². The molecular formula is C123H178B2F6O11S3. The lowest BCUT2D eigenvalue weighted by Gasteiger charge is -2.56. The van der Waals surface area contributed by atoms with Crippen molar-refractivity contribution < 1.29 is 78.2 Å². The van der Waals surface area contributed by atoms with Crippen LogP contribution in [0, 0.1) is 175 Å². The van der Waals surface area contributed by atoms with Crippen molar-refractivity contribution in [1.82, 2.24) is 0 Å². The Morgan fingerprint density at radius 3 is 0.814 bits per heavy atom. The second-order valence-electron chi connectivity index (χ2n) is 51.3. The van der Waals surface area contributed by atoms with Crippen molar-refractivity contribution in [2.24, 2.45) is 175 Å². The second-order valence-corrected chi connectivity index (χ2v) is 54.8. The summed E-state index contributed by atoms with van der Waals surface area (Å²) in [6.45, 7) is 28.3. The van der Waals surface area contributed by atoms with Crippen molar-refractivity contribution in [3.63, 3.8) is 0 Å². The first-order valence-electron chi connectivity index (χ1n) is 57.2. The van der Waals surface area contributed by atoms with Crippen LogP contribution in [0.15, 0.2) is 154 Å². The first kappa shape index (κ1) is 114. The first-order chi connectivity index (χ1) is 69.0. The summed E-state index contributed by atoms with van der Waals surface area (Å²) in [6.07, 6.45) is 70.6. The Hall–Kier alpha value is -5.09. The van der Waals surface area contributed by atoms with E-state index in [-0.39, 0.29) is 17.5 Å². The van der Waals surface area contributed by atoms with Gasteiger partial charge < -0.3 is 20.4 Å². The van der Waals surface area contributed by atoms with E-state index >= 15 is 0 Å². The molecule has 0 amide bonds. The lowest BCUT2D eigenvalue weighted by atomic mass is 9.49. The van der Waals surface area contributed by atoms with Gasteiger partial charge >= 0.3 is 16.5 Å². The number of allylic oxidation sites excluding steroid dienone is 10. The van der Waals surface area contributed by atoms with Gasteiger partial charge in [-0.25, -0.2) is 8.42 Å². The van der Waals surface area contributed by atoms with E-state index in [2.05, 4.69) is 190 Å². The minimum atomic E-state index is -4.41. The molecule has 0 aliphatic heterocycles. The molecule has 4 radical (unpaired) electrons. The lowest BCUT2D eigenvalue weighted by molar-refractivity contribution is -0.126. The van der Waals surface area contributed by atoms with Gasteiger partial charge in [-0.15, -0.1) is 0 Å². The quantitative estimate of drug-likeness (QED) is 0.0637. The Kier molecular flexibility index (Phi) is 37.0. The zero-order valence-corrected chi connectivity index (χ0v) is 92.1. The molecule has 20 aliphatic carbocycles. The van der Waals surface area contributed by atoms with Gasteiger partial charge in [0.2, 0.25) is 9.84 Å². The fraction of sp³-hybridized carbons (Fsp3) is 0.748. The average Bonchev–Trinajstić information content (AvgIpc) is 1.52. The minimum absolute atomic E-state index is 0. The van der Waals surface area contributed by atoms with Crippen LogP contribution in [-0.2, 0) is 46.4 Å². The van der Waals surface area contributed by atoms with Crippen LogP contribution in [0.5, 0.6) is 0 Å². The largest absolute Gasteiger partial charge is 0.390 e. The van der Waals surface area contributed by atoms with Crippen LogP contribution in [0.2, 0.25) is 0 Å². The number of Topliss-reactive ketones (excluding diaryl/α,β-unsaturated/α-hetero) is 1. The molecule has 145 heavy (non-hydrogen) atoms. The standard InChI is InChI=1S/2C26H36O.2C21H34O.C20H30O.C7H6F2O2S.2CF2O2S.B2.H2/c2*1-3-19-10-12-24-23-11-9-18-17-26(27,20-7-5-4-6-8-20)16-14-21(18)22(23)13-15-25(19,24)2;2*1-4-15-6-8-19-18-7-5-14-13-20(2,22)11-9-16(14)17(18)10-12-21(15,19)3;1-3-14-5-9-19-18-7-4-13-12-15(21)6-8-16(13)17(18)10-11-20(14,19)2;8-7(9)12(10,11)6-4-2-1-3-5-6;2*2-1(3)6(4)5;1-2;/h2*3-8,18,21-24,27H,9-17H2,1-2H3;2*4,14,16-19,22H,5-13H2,1-3H3;3,13,16-19H,4-12H2,1-2H3;1-5,7H;;;;1H/t18-,21+,22-,23-,24+,25-,26+;18-,21+,22-,23-,24+,25-,26-;14-,16+,17-,18-,19+,20+,21-;14-,16+,17-,18-,19+,20-,21-;13-,16+,17-,18-,19+,20-;;;;;/m11111...../s1. The number of fused-ring (bicyclic) bond motifs is 25. The molecule has 0 heterocycles. The number of sulfone groups is 1. The van der Waals surface area contributed by atoms with Gasteiger partial charge in [-0.1, -0.05) is 172 Å². The summed E-state index contributed by atoms with van der Waals surface area (Å²) in [5.74, 6) is 19.9. The molecule has 0 saturated heterocycles. The summed E-state index contributed by atoms with van der Waals surface area (Å²) in [4.78, 5) is 11.4. The third-order valence-corrected chi connectivity index (χ3v) is 47.3. The number of alkyl halides is 2. The highest BCUT2D eigenvalue weighted by molar-refractivity contribution is 7.91. The maximum atomic E-state index is 11.9. The molecule has 11 nitrogen and oxygen atoms in total. The summed E-state index contributed by atoms with van der Waals surface area (Å²) in [5, 5.41) is 38.6. The monoisotopic (exact) mass is 2060 g/mol. The molecule has 3 aromatic rings. The maximum Gasteiger partial charge on any atom is 0.387 e. The Morgan fingerprint density at radius 2 is 0.559 bits per heavy atom. The summed E-state index contributed by atoms with van der Waals surface area (Å²) in [6, 6.07) is 27.6. The Morgan fingerprint density at radius 1 is 0.324 bits per heavy atom. The zero-order valence-electron chi connectivity index (χ0n) is 89.7. The Balaban J connectivity index is 0.000000136. The van der Waals surface area contributed by atoms with Crippen LogP contribution in [0.25, 0.3) is 0 Å². The molecule has 20 aliphatic rings. The van der Waals surface area contributed by atoms with Crippen LogP contribution in [0.3, 0.4) is 0 Å². The number of ketones is 1. The van der Waals surface area contributed by atoms with E-state index in [4.69, 9.17) is 16.8 Å². The van der Waals surface area contributed by atoms with Crippen molar-refractivity contribution in [2.75, 3.05) is 0 Å². The van der Waals surface area contributed by atoms with Crippen LogP contribution >= 0.6 is 0 Å². The first-order valence-corrected chi connectivity index (χ1v) is 60.9. The molecule has 0 spiro atoms. The predicted octanol–water partition coefficient (Wildman–Crippen LogP) is 29.7. The Bertz CT molecular complexity index is 5250. The smallest absolute Gasteiger partial charge is 0.387 e. The molecule has 0 bridgehead atoms. The molecule has 22 heteroatoms. The van der Waals surface area contributed by atoms with Crippen LogP contribution in [0.4, 0.5) is 26.3 Å². The predicted molar refractivity (Wildman–Crippen MR) is 577 cm³/mol. The topological polar surface area (TPSA) is 200 Å². The molecule has 0 aromatic heterocycles. The van der Waals surface area contributed by atoms with Crippen LogP contribution < -0.4 is 0 Å². The number of rotatable bonds is 4. The van der Waals surface area contributed by atoms with Gasteiger partial charge in [0.25, 0.3) is 20.6 Å². The average molecular weight is 2060 g/mol. The van der Waals surface area contributed by atoms with Crippen molar-refractivity contribution in [3.8, 4) is 0 Å². The minimum Gasteiger partial charge on any atom is -0.390 e. The number of halogens is 6. The molecule has 802 valence electrons. The summed E-state index contributed by atoms with van der Waals surface area (Å²) in [5.41, 5.74) is 11.8. The fourth-order valence-electron chi connectivity index (χ4n) is 38.9. The van der Waals surface area contributed by atoms with E-state index < -0.39 is 58.1 Å². The zero-order chi connectivity index (χ0) is 104. The van der Waals surface area contributed by atoms with Gasteiger partial charge in [-0.2, -0.15) is 43.2 Å². The van der Waals surface area contributed by atoms with Crippen molar-refractivity contribution in [2.45, 2.75) is 405 Å². The van der Waals surface area contributed by atoms with Crippen molar-refractivity contribution in [1.29, 1.82) is 0 Å². The number of aliphatic hydroxyl groups is 4. The molecule has 20 fully saturated rings. The molecule has 20 saturated carbocycles. The number of benzene rings is 3.